The lowest BCUT2D eigenvalue weighted by Gasteiger charge is -2.31. The van der Waals surface area contributed by atoms with E-state index in [2.05, 4.69) is 6.92 Å². The summed E-state index contributed by atoms with van der Waals surface area (Å²) in [6.07, 6.45) is 6.87. The molecule has 20 heavy (non-hydrogen) atoms. The Balaban J connectivity index is 1.94. The van der Waals surface area contributed by atoms with Crippen LogP contribution in [0.4, 0.5) is 8.78 Å². The molecule has 1 fully saturated rings. The predicted octanol–water partition coefficient (Wildman–Crippen LogP) is 4.99. The van der Waals surface area contributed by atoms with Gasteiger partial charge in [-0.25, -0.2) is 8.78 Å². The molecule has 0 bridgehead atoms. The Bertz CT molecular complexity index is 425. The summed E-state index contributed by atoms with van der Waals surface area (Å²) in [6.45, 7) is 2.20. The van der Waals surface area contributed by atoms with Gasteiger partial charge in [0.25, 0.3) is 0 Å². The first-order chi connectivity index (χ1) is 9.61. The Morgan fingerprint density at radius 3 is 2.55 bits per heavy atom. The SMILES string of the molecule is CCCCC1CCC(C(O)c2cc(F)ccc2F)CC1. The Morgan fingerprint density at radius 2 is 1.90 bits per heavy atom. The number of aliphatic hydroxyl groups is 1. The highest BCUT2D eigenvalue weighted by atomic mass is 19.1. The van der Waals surface area contributed by atoms with Gasteiger partial charge in [-0.3, -0.25) is 0 Å². The Kier molecular flexibility index (Phi) is 5.53. The van der Waals surface area contributed by atoms with E-state index in [1.807, 2.05) is 0 Å². The van der Waals surface area contributed by atoms with Gasteiger partial charge in [-0.1, -0.05) is 39.0 Å². The third-order valence-electron chi connectivity index (χ3n) is 4.58. The van der Waals surface area contributed by atoms with E-state index in [-0.39, 0.29) is 11.5 Å². The van der Waals surface area contributed by atoms with Gasteiger partial charge in [0.2, 0.25) is 0 Å². The highest BCUT2D eigenvalue weighted by Gasteiger charge is 2.28. The van der Waals surface area contributed by atoms with Gasteiger partial charge in [-0.05, 0) is 42.9 Å². The van der Waals surface area contributed by atoms with E-state index < -0.39 is 17.7 Å². The van der Waals surface area contributed by atoms with Crippen molar-refractivity contribution < 1.29 is 13.9 Å². The first-order valence-electron chi connectivity index (χ1n) is 7.74. The zero-order valence-corrected chi connectivity index (χ0v) is 12.1. The smallest absolute Gasteiger partial charge is 0.129 e. The van der Waals surface area contributed by atoms with Gasteiger partial charge in [0, 0.05) is 5.56 Å². The zero-order valence-electron chi connectivity index (χ0n) is 12.1. The fraction of sp³-hybridized carbons (Fsp3) is 0.647. The Labute approximate surface area is 120 Å². The molecule has 0 aliphatic heterocycles. The number of aliphatic hydroxyl groups excluding tert-OH is 1. The molecule has 1 nitrogen and oxygen atoms in total. The number of rotatable bonds is 5. The van der Waals surface area contributed by atoms with E-state index in [1.165, 1.54) is 19.3 Å². The van der Waals surface area contributed by atoms with Crippen LogP contribution < -0.4 is 0 Å². The van der Waals surface area contributed by atoms with Gasteiger partial charge in [0.05, 0.1) is 6.10 Å². The minimum atomic E-state index is -0.877. The van der Waals surface area contributed by atoms with Gasteiger partial charge < -0.3 is 5.11 Å². The maximum atomic E-state index is 13.7. The zero-order chi connectivity index (χ0) is 14.5. The summed E-state index contributed by atoms with van der Waals surface area (Å²) >= 11 is 0. The molecule has 0 radical (unpaired) electrons. The summed E-state index contributed by atoms with van der Waals surface area (Å²) in [4.78, 5) is 0. The van der Waals surface area contributed by atoms with Crippen LogP contribution in [0.5, 0.6) is 0 Å². The largest absolute Gasteiger partial charge is 0.388 e. The van der Waals surface area contributed by atoms with Crippen molar-refractivity contribution in [1.82, 2.24) is 0 Å². The lowest BCUT2D eigenvalue weighted by molar-refractivity contribution is 0.0689. The normalized spacial score (nSPS) is 24.6. The summed E-state index contributed by atoms with van der Waals surface area (Å²) in [5, 5.41) is 10.3. The molecule has 1 saturated carbocycles. The first-order valence-corrected chi connectivity index (χ1v) is 7.74. The quantitative estimate of drug-likeness (QED) is 0.806. The maximum absolute atomic E-state index is 13.7. The standard InChI is InChI=1S/C17H24F2O/c1-2-3-4-12-5-7-13(8-6-12)17(20)15-11-14(18)9-10-16(15)19/h9-13,17,20H,2-8H2,1H3. The maximum Gasteiger partial charge on any atom is 0.129 e. The molecule has 0 spiro atoms. The molecule has 1 aliphatic rings. The van der Waals surface area contributed by atoms with Crippen LogP contribution in [0.15, 0.2) is 18.2 Å². The van der Waals surface area contributed by atoms with E-state index in [1.54, 1.807) is 0 Å². The summed E-state index contributed by atoms with van der Waals surface area (Å²) in [5.74, 6) is -0.191. The van der Waals surface area contributed by atoms with Crippen molar-refractivity contribution in [1.29, 1.82) is 0 Å². The van der Waals surface area contributed by atoms with E-state index >= 15 is 0 Å². The summed E-state index contributed by atoms with van der Waals surface area (Å²) in [7, 11) is 0. The fourth-order valence-corrected chi connectivity index (χ4v) is 3.28. The van der Waals surface area contributed by atoms with Crippen molar-refractivity contribution in [2.75, 3.05) is 0 Å². The number of hydrogen-bond acceptors (Lipinski definition) is 1. The molecule has 1 unspecified atom stereocenters. The third-order valence-corrected chi connectivity index (χ3v) is 4.58. The van der Waals surface area contributed by atoms with Crippen molar-refractivity contribution in [2.24, 2.45) is 11.8 Å². The van der Waals surface area contributed by atoms with E-state index in [4.69, 9.17) is 0 Å². The lowest BCUT2D eigenvalue weighted by Crippen LogP contribution is -2.21. The summed E-state index contributed by atoms with van der Waals surface area (Å²) in [5.41, 5.74) is 0.113. The van der Waals surface area contributed by atoms with Gasteiger partial charge >= 0.3 is 0 Å². The molecule has 0 aromatic heterocycles. The lowest BCUT2D eigenvalue weighted by atomic mass is 9.76. The van der Waals surface area contributed by atoms with Crippen molar-refractivity contribution in [3.05, 3.63) is 35.4 Å². The van der Waals surface area contributed by atoms with Crippen molar-refractivity contribution in [2.45, 2.75) is 58.0 Å². The van der Waals surface area contributed by atoms with E-state index in [0.717, 1.165) is 49.8 Å². The summed E-state index contributed by atoms with van der Waals surface area (Å²) in [6, 6.07) is 3.32. The first kappa shape index (κ1) is 15.4. The number of hydrogen-bond donors (Lipinski definition) is 1. The molecular formula is C17H24F2O. The molecule has 112 valence electrons. The van der Waals surface area contributed by atoms with Crippen LogP contribution in [0.3, 0.4) is 0 Å². The van der Waals surface area contributed by atoms with Gasteiger partial charge in [0.1, 0.15) is 11.6 Å². The molecule has 3 heteroatoms. The molecule has 1 atom stereocenters. The van der Waals surface area contributed by atoms with Crippen LogP contribution in [-0.4, -0.2) is 5.11 Å². The predicted molar refractivity (Wildman–Crippen MR) is 76.3 cm³/mol. The van der Waals surface area contributed by atoms with Crippen LogP contribution in [-0.2, 0) is 0 Å². The highest BCUT2D eigenvalue weighted by Crippen LogP contribution is 2.39. The topological polar surface area (TPSA) is 20.2 Å². The van der Waals surface area contributed by atoms with Gasteiger partial charge in [-0.15, -0.1) is 0 Å². The number of unbranched alkanes of at least 4 members (excludes halogenated alkanes) is 1. The highest BCUT2D eigenvalue weighted by molar-refractivity contribution is 5.21. The summed E-state index contributed by atoms with van der Waals surface area (Å²) < 4.78 is 26.9. The molecule has 0 saturated heterocycles. The average molecular weight is 282 g/mol. The minimum Gasteiger partial charge on any atom is -0.388 e. The van der Waals surface area contributed by atoms with Gasteiger partial charge in [0.15, 0.2) is 0 Å². The number of benzene rings is 1. The van der Waals surface area contributed by atoms with Crippen LogP contribution in [0.1, 0.15) is 63.5 Å². The second-order valence-electron chi connectivity index (χ2n) is 6.03. The fourth-order valence-electron chi connectivity index (χ4n) is 3.28. The third kappa shape index (κ3) is 3.78. The monoisotopic (exact) mass is 282 g/mol. The second kappa shape index (κ2) is 7.16. The molecule has 0 heterocycles. The average Bonchev–Trinajstić information content (AvgIpc) is 2.47. The molecule has 1 aromatic rings. The Morgan fingerprint density at radius 1 is 1.20 bits per heavy atom. The molecule has 1 aromatic carbocycles. The molecule has 2 rings (SSSR count). The Hall–Kier alpha value is -0.960. The van der Waals surface area contributed by atoms with E-state index in [0.29, 0.717) is 0 Å². The minimum absolute atomic E-state index is 0.0594. The van der Waals surface area contributed by atoms with E-state index in [9.17, 15) is 13.9 Å². The van der Waals surface area contributed by atoms with Gasteiger partial charge in [-0.2, -0.15) is 0 Å². The van der Waals surface area contributed by atoms with Crippen molar-refractivity contribution in [3.63, 3.8) is 0 Å². The molecule has 1 N–H and O–H groups in total. The molecule has 0 amide bonds. The van der Waals surface area contributed by atoms with Crippen LogP contribution in [0.2, 0.25) is 0 Å². The molecular weight excluding hydrogens is 258 g/mol. The second-order valence-corrected chi connectivity index (χ2v) is 6.03. The van der Waals surface area contributed by atoms with Crippen LogP contribution in [0, 0.1) is 23.5 Å². The van der Waals surface area contributed by atoms with Crippen molar-refractivity contribution >= 4 is 0 Å². The molecule has 1 aliphatic carbocycles. The van der Waals surface area contributed by atoms with Crippen LogP contribution in [0.25, 0.3) is 0 Å². The van der Waals surface area contributed by atoms with Crippen molar-refractivity contribution in [3.8, 4) is 0 Å². The van der Waals surface area contributed by atoms with Crippen LogP contribution >= 0.6 is 0 Å². The number of halogens is 2.